The third-order valence-electron chi connectivity index (χ3n) is 1.68. The van der Waals surface area contributed by atoms with Crippen LogP contribution >= 0.6 is 22.6 Å². The predicted octanol–water partition coefficient (Wildman–Crippen LogP) is 1.89. The Kier molecular flexibility index (Phi) is 3.87. The molecule has 0 aliphatic carbocycles. The van der Waals surface area contributed by atoms with Gasteiger partial charge < -0.3 is 5.73 Å². The lowest BCUT2D eigenvalue weighted by atomic mass is 10.1. The highest BCUT2D eigenvalue weighted by atomic mass is 127. The molecule has 0 radical (unpaired) electrons. The van der Waals surface area contributed by atoms with Gasteiger partial charge in [-0.2, -0.15) is 0 Å². The van der Waals surface area contributed by atoms with E-state index in [2.05, 4.69) is 4.98 Å². The molecule has 0 atom stereocenters. The van der Waals surface area contributed by atoms with E-state index in [1.807, 2.05) is 0 Å². The Labute approximate surface area is 92.8 Å². The lowest BCUT2D eigenvalue weighted by Crippen LogP contribution is -2.07. The minimum absolute atomic E-state index is 0.0255. The number of rotatable bonds is 3. The third-order valence-corrected chi connectivity index (χ3v) is 2.55. The summed E-state index contributed by atoms with van der Waals surface area (Å²) in [5, 5.41) is 0. The Bertz CT molecular complexity index is 357. The van der Waals surface area contributed by atoms with Gasteiger partial charge in [0.15, 0.2) is 6.29 Å². The van der Waals surface area contributed by atoms with Gasteiger partial charge in [0.2, 0.25) is 0 Å². The summed E-state index contributed by atoms with van der Waals surface area (Å²) >= 11 is 1.67. The summed E-state index contributed by atoms with van der Waals surface area (Å²) in [6, 6.07) is 1.23. The van der Waals surface area contributed by atoms with E-state index in [4.69, 9.17) is 5.73 Å². The number of aromatic nitrogens is 1. The Hall–Kier alpha value is -0.630. The fourth-order valence-electron chi connectivity index (χ4n) is 0.982. The van der Waals surface area contributed by atoms with Crippen molar-refractivity contribution in [2.45, 2.75) is 13.0 Å². The highest BCUT2D eigenvalue weighted by molar-refractivity contribution is 14.1. The first-order valence-corrected chi connectivity index (χ1v) is 4.80. The number of hydrogen-bond acceptors (Lipinski definition) is 3. The first-order chi connectivity index (χ1) is 6.60. The lowest BCUT2D eigenvalue weighted by molar-refractivity contribution is 0.111. The molecule has 0 bridgehead atoms. The number of aldehydes is 1. The molecule has 0 unspecified atom stereocenters. The lowest BCUT2D eigenvalue weighted by Gasteiger charge is -2.07. The van der Waals surface area contributed by atoms with E-state index in [1.165, 1.54) is 6.07 Å². The molecule has 1 aromatic heterocycles. The average molecular weight is 312 g/mol. The molecular formula is C8H7F2IN2O. The molecule has 0 aromatic carbocycles. The largest absolute Gasteiger partial charge is 0.326 e. The fraction of sp³-hybridized carbons (Fsp3) is 0.250. The van der Waals surface area contributed by atoms with E-state index >= 15 is 0 Å². The second kappa shape index (κ2) is 4.74. The van der Waals surface area contributed by atoms with E-state index in [0.717, 1.165) is 0 Å². The molecule has 0 spiro atoms. The number of pyridine rings is 1. The van der Waals surface area contributed by atoms with Crippen LogP contribution in [-0.2, 0) is 6.54 Å². The zero-order chi connectivity index (χ0) is 10.7. The van der Waals surface area contributed by atoms with Crippen molar-refractivity contribution < 1.29 is 13.6 Å². The standard InChI is InChI=1S/C8H7F2IN2O/c9-7(10)5-1-4(2-12)6(3-14)13-8(5)11/h1,3,7H,2,12H2. The topological polar surface area (TPSA) is 56.0 Å². The first kappa shape index (κ1) is 11.4. The second-order valence-corrected chi connectivity index (χ2v) is 3.56. The van der Waals surface area contributed by atoms with Crippen LogP contribution in [0.5, 0.6) is 0 Å². The van der Waals surface area contributed by atoms with Crippen molar-refractivity contribution in [3.05, 3.63) is 26.6 Å². The molecule has 0 aliphatic heterocycles. The third kappa shape index (κ3) is 2.24. The molecule has 2 N–H and O–H groups in total. The Morgan fingerprint density at radius 3 is 2.71 bits per heavy atom. The SMILES string of the molecule is NCc1cc(C(F)F)c(I)nc1C=O. The maximum Gasteiger partial charge on any atom is 0.266 e. The molecule has 76 valence electrons. The van der Waals surface area contributed by atoms with Crippen LogP contribution < -0.4 is 5.73 Å². The van der Waals surface area contributed by atoms with Gasteiger partial charge in [-0.25, -0.2) is 13.8 Å². The molecule has 0 fully saturated rings. The van der Waals surface area contributed by atoms with Crippen LogP contribution in [0.1, 0.15) is 28.0 Å². The van der Waals surface area contributed by atoms with Crippen LogP contribution in [0.15, 0.2) is 6.07 Å². The number of carbonyl (C=O) groups is 1. The zero-order valence-corrected chi connectivity index (χ0v) is 9.16. The predicted molar refractivity (Wildman–Crippen MR) is 55.2 cm³/mol. The van der Waals surface area contributed by atoms with Crippen LogP contribution in [0.2, 0.25) is 0 Å². The number of nitrogens with two attached hydrogens (primary N) is 1. The molecule has 1 heterocycles. The number of alkyl halides is 2. The molecule has 0 aliphatic rings. The highest BCUT2D eigenvalue weighted by Crippen LogP contribution is 2.24. The fourth-order valence-corrected chi connectivity index (χ4v) is 1.63. The van der Waals surface area contributed by atoms with Gasteiger partial charge in [0, 0.05) is 6.54 Å². The Balaban J connectivity index is 3.30. The van der Waals surface area contributed by atoms with E-state index in [1.54, 1.807) is 22.6 Å². The molecule has 0 amide bonds. The molecule has 3 nitrogen and oxygen atoms in total. The van der Waals surface area contributed by atoms with Crippen molar-refractivity contribution in [1.82, 2.24) is 4.98 Å². The van der Waals surface area contributed by atoms with Crippen molar-refractivity contribution in [2.75, 3.05) is 0 Å². The van der Waals surface area contributed by atoms with Crippen LogP contribution in [0.4, 0.5) is 8.78 Å². The molecule has 0 saturated heterocycles. The van der Waals surface area contributed by atoms with Crippen LogP contribution in [0, 0.1) is 3.70 Å². The summed E-state index contributed by atoms with van der Waals surface area (Å²) in [7, 11) is 0. The molecular weight excluding hydrogens is 305 g/mol. The summed E-state index contributed by atoms with van der Waals surface area (Å²) in [6.07, 6.45) is -2.08. The number of carbonyl (C=O) groups excluding carboxylic acids is 1. The molecule has 0 saturated carbocycles. The van der Waals surface area contributed by atoms with Crippen molar-refractivity contribution in [3.8, 4) is 0 Å². The van der Waals surface area contributed by atoms with E-state index in [0.29, 0.717) is 11.8 Å². The van der Waals surface area contributed by atoms with Crippen LogP contribution in [-0.4, -0.2) is 11.3 Å². The van der Waals surface area contributed by atoms with Gasteiger partial charge in [0.1, 0.15) is 9.39 Å². The minimum atomic E-state index is -2.60. The summed E-state index contributed by atoms with van der Waals surface area (Å²) in [5.41, 5.74) is 5.58. The Morgan fingerprint density at radius 1 is 1.64 bits per heavy atom. The average Bonchev–Trinajstić information content (AvgIpc) is 2.16. The summed E-state index contributed by atoms with van der Waals surface area (Å²) < 4.78 is 24.9. The van der Waals surface area contributed by atoms with Gasteiger partial charge in [-0.1, -0.05) is 0 Å². The zero-order valence-electron chi connectivity index (χ0n) is 7.01. The molecule has 1 rings (SSSR count). The van der Waals surface area contributed by atoms with Gasteiger partial charge in [0.05, 0.1) is 5.56 Å². The molecule has 1 aromatic rings. The second-order valence-electron chi connectivity index (χ2n) is 2.54. The van der Waals surface area contributed by atoms with Crippen molar-refractivity contribution in [3.63, 3.8) is 0 Å². The number of hydrogen-bond donors (Lipinski definition) is 1. The quantitative estimate of drug-likeness (QED) is 0.527. The minimum Gasteiger partial charge on any atom is -0.326 e. The van der Waals surface area contributed by atoms with Gasteiger partial charge in [0.25, 0.3) is 6.43 Å². The van der Waals surface area contributed by atoms with Gasteiger partial charge in [-0.3, -0.25) is 4.79 Å². The van der Waals surface area contributed by atoms with Gasteiger partial charge in [-0.05, 0) is 34.2 Å². The highest BCUT2D eigenvalue weighted by Gasteiger charge is 2.15. The first-order valence-electron chi connectivity index (χ1n) is 3.72. The normalized spacial score (nSPS) is 10.6. The van der Waals surface area contributed by atoms with Crippen molar-refractivity contribution in [1.29, 1.82) is 0 Å². The summed E-state index contributed by atoms with van der Waals surface area (Å²) in [4.78, 5) is 14.3. The van der Waals surface area contributed by atoms with Gasteiger partial charge in [-0.15, -0.1) is 0 Å². The van der Waals surface area contributed by atoms with Gasteiger partial charge >= 0.3 is 0 Å². The summed E-state index contributed by atoms with van der Waals surface area (Å²) in [5.74, 6) is 0. The number of nitrogens with zero attached hydrogens (tertiary/aromatic N) is 1. The van der Waals surface area contributed by atoms with Crippen molar-refractivity contribution >= 4 is 28.9 Å². The molecule has 6 heteroatoms. The smallest absolute Gasteiger partial charge is 0.266 e. The monoisotopic (exact) mass is 312 g/mol. The van der Waals surface area contributed by atoms with E-state index < -0.39 is 6.43 Å². The van der Waals surface area contributed by atoms with E-state index in [9.17, 15) is 13.6 Å². The maximum atomic E-state index is 12.4. The maximum absolute atomic E-state index is 12.4. The Morgan fingerprint density at radius 2 is 2.29 bits per heavy atom. The molecule has 14 heavy (non-hydrogen) atoms. The summed E-state index contributed by atoms with van der Waals surface area (Å²) in [6.45, 7) is 0.0255. The van der Waals surface area contributed by atoms with Crippen molar-refractivity contribution in [2.24, 2.45) is 5.73 Å². The van der Waals surface area contributed by atoms with Crippen LogP contribution in [0.3, 0.4) is 0 Å². The number of halogens is 3. The van der Waals surface area contributed by atoms with E-state index in [-0.39, 0.29) is 21.5 Å². The van der Waals surface area contributed by atoms with Crippen LogP contribution in [0.25, 0.3) is 0 Å².